The summed E-state index contributed by atoms with van der Waals surface area (Å²) < 4.78 is 0. The second-order valence-electron chi connectivity index (χ2n) is 14.3. The zero-order chi connectivity index (χ0) is 24.0. The van der Waals surface area contributed by atoms with Crippen LogP contribution in [-0.4, -0.2) is 22.3 Å². The van der Waals surface area contributed by atoms with Gasteiger partial charge in [0.2, 0.25) is 0 Å². The smallest absolute Gasteiger partial charge is 0.330 e. The van der Waals surface area contributed by atoms with E-state index in [0.717, 1.165) is 31.1 Å². The zero-order valence-corrected chi connectivity index (χ0v) is 22.0. The van der Waals surface area contributed by atoms with Gasteiger partial charge in [0.05, 0.1) is 6.10 Å². The van der Waals surface area contributed by atoms with Gasteiger partial charge in [-0.25, -0.2) is 4.79 Å². The van der Waals surface area contributed by atoms with Gasteiger partial charge in [0.25, 0.3) is 0 Å². The zero-order valence-electron chi connectivity index (χ0n) is 22.0. The number of allylic oxidation sites excluding steroid dienone is 1. The molecule has 0 aliphatic heterocycles. The van der Waals surface area contributed by atoms with Crippen LogP contribution in [0, 0.1) is 50.7 Å². The number of aliphatic hydroxyl groups is 1. The van der Waals surface area contributed by atoms with Crippen molar-refractivity contribution in [2.24, 2.45) is 50.7 Å². The normalized spacial score (nSPS) is 51.1. The monoisotopic (exact) mass is 456 g/mol. The molecule has 33 heavy (non-hydrogen) atoms. The van der Waals surface area contributed by atoms with Crippen LogP contribution in [0.1, 0.15) is 112 Å². The van der Waals surface area contributed by atoms with Gasteiger partial charge in [0.15, 0.2) is 0 Å². The topological polar surface area (TPSA) is 57.5 Å². The first-order valence-electron chi connectivity index (χ1n) is 13.9. The molecule has 5 rings (SSSR count). The number of carboxylic acids is 1. The molecule has 0 aromatic heterocycles. The molecule has 5 fully saturated rings. The van der Waals surface area contributed by atoms with Crippen LogP contribution >= 0.6 is 0 Å². The van der Waals surface area contributed by atoms with Crippen LogP contribution in [0.3, 0.4) is 0 Å². The number of fused-ring (bicyclic) bond motifs is 2. The molecule has 0 heterocycles. The molecule has 0 aromatic rings. The Balaban J connectivity index is 1.37. The lowest BCUT2D eigenvalue weighted by Gasteiger charge is -2.63. The minimum Gasteiger partial charge on any atom is -0.478 e. The summed E-state index contributed by atoms with van der Waals surface area (Å²) in [5.74, 6) is 2.19. The standard InChI is InChI=1S/C30H48O3/c1-19(8-7-9-20(2)25(32)33)21-12-14-28(6)23-11-10-22-26(3,4)24(31)13-15-29(22)18-30(23,29)17-16-27(21,28)5/h9,19,21-24,31H,7-8,10-18H2,1-6H3,(H,32,33)/b20-9+/t19-,21+,22+,23+,24+,27+,28-,29+,30-/m0/s1. The van der Waals surface area contributed by atoms with E-state index < -0.39 is 5.97 Å². The SMILES string of the molecule is C/C(=C\CC[C@H](C)[C@H]1CC[C@@]2(C)[C@H]3CC[C@@H]4C(C)(C)[C@H](O)CC[C@@]45C[C@@]35CC[C@]12C)C(=O)O. The number of hydrogen-bond donors (Lipinski definition) is 2. The van der Waals surface area contributed by atoms with Gasteiger partial charge in [0, 0.05) is 5.57 Å². The van der Waals surface area contributed by atoms with Gasteiger partial charge in [-0.05, 0) is 128 Å². The highest BCUT2D eigenvalue weighted by molar-refractivity contribution is 5.85. The molecule has 2 spiro atoms. The largest absolute Gasteiger partial charge is 0.478 e. The van der Waals surface area contributed by atoms with Gasteiger partial charge in [-0.1, -0.05) is 40.7 Å². The maximum atomic E-state index is 11.2. The lowest BCUT2D eigenvalue weighted by Crippen LogP contribution is -2.57. The summed E-state index contributed by atoms with van der Waals surface area (Å²) in [6.07, 6.45) is 15.7. The van der Waals surface area contributed by atoms with Crippen molar-refractivity contribution in [3.05, 3.63) is 11.6 Å². The second kappa shape index (κ2) is 7.34. The third-order valence-electron chi connectivity index (χ3n) is 13.3. The quantitative estimate of drug-likeness (QED) is 0.429. The molecular formula is C30H48O3. The van der Waals surface area contributed by atoms with Crippen molar-refractivity contribution in [2.75, 3.05) is 0 Å². The van der Waals surface area contributed by atoms with E-state index in [-0.39, 0.29) is 11.5 Å². The number of carboxylic acid groups (broad SMARTS) is 1. The highest BCUT2D eigenvalue weighted by atomic mass is 16.4. The first-order valence-corrected chi connectivity index (χ1v) is 13.9. The number of aliphatic hydroxyl groups excluding tert-OH is 1. The molecule has 5 aliphatic rings. The minimum atomic E-state index is -0.784. The van der Waals surface area contributed by atoms with Crippen molar-refractivity contribution < 1.29 is 15.0 Å². The summed E-state index contributed by atoms with van der Waals surface area (Å²) in [7, 11) is 0. The van der Waals surface area contributed by atoms with Crippen LogP contribution < -0.4 is 0 Å². The molecule has 5 aliphatic carbocycles. The van der Waals surface area contributed by atoms with Gasteiger partial charge in [-0.3, -0.25) is 0 Å². The Bertz CT molecular complexity index is 859. The van der Waals surface area contributed by atoms with E-state index in [0.29, 0.717) is 39.1 Å². The predicted octanol–water partition coefficient (Wildman–Crippen LogP) is 7.23. The van der Waals surface area contributed by atoms with Crippen LogP contribution in [0.15, 0.2) is 11.6 Å². The molecule has 9 atom stereocenters. The fraction of sp³-hybridized carbons (Fsp3) is 0.900. The van der Waals surface area contributed by atoms with Crippen LogP contribution in [0.25, 0.3) is 0 Å². The van der Waals surface area contributed by atoms with Gasteiger partial charge < -0.3 is 10.2 Å². The van der Waals surface area contributed by atoms with Crippen molar-refractivity contribution in [1.29, 1.82) is 0 Å². The highest BCUT2D eigenvalue weighted by Gasteiger charge is 2.82. The van der Waals surface area contributed by atoms with Crippen molar-refractivity contribution >= 4 is 5.97 Å². The van der Waals surface area contributed by atoms with Crippen LogP contribution in [-0.2, 0) is 4.79 Å². The molecule has 0 amide bonds. The molecule has 0 radical (unpaired) electrons. The lowest BCUT2D eigenvalue weighted by atomic mass is 9.41. The maximum Gasteiger partial charge on any atom is 0.330 e. The number of hydrogen-bond acceptors (Lipinski definition) is 2. The van der Waals surface area contributed by atoms with Crippen molar-refractivity contribution in [3.8, 4) is 0 Å². The Morgan fingerprint density at radius 2 is 1.61 bits per heavy atom. The average Bonchev–Trinajstić information content (AvgIpc) is 3.33. The van der Waals surface area contributed by atoms with Gasteiger partial charge in [-0.2, -0.15) is 0 Å². The van der Waals surface area contributed by atoms with Crippen molar-refractivity contribution in [3.63, 3.8) is 0 Å². The number of aliphatic carboxylic acids is 1. The number of rotatable bonds is 5. The summed E-state index contributed by atoms with van der Waals surface area (Å²) in [6.45, 7) is 14.2. The number of carbonyl (C=O) groups is 1. The van der Waals surface area contributed by atoms with E-state index in [4.69, 9.17) is 0 Å². The summed E-state index contributed by atoms with van der Waals surface area (Å²) in [4.78, 5) is 11.2. The molecule has 0 unspecified atom stereocenters. The first kappa shape index (κ1) is 23.9. The maximum absolute atomic E-state index is 11.2. The van der Waals surface area contributed by atoms with Gasteiger partial charge in [-0.15, -0.1) is 0 Å². The Morgan fingerprint density at radius 1 is 0.939 bits per heavy atom. The molecule has 186 valence electrons. The Morgan fingerprint density at radius 3 is 2.30 bits per heavy atom. The van der Waals surface area contributed by atoms with E-state index in [1.807, 2.05) is 6.08 Å². The molecule has 2 N–H and O–H groups in total. The van der Waals surface area contributed by atoms with Crippen LogP contribution in [0.4, 0.5) is 0 Å². The minimum absolute atomic E-state index is 0.0721. The molecule has 0 aromatic carbocycles. The van der Waals surface area contributed by atoms with Gasteiger partial charge >= 0.3 is 5.97 Å². The second-order valence-corrected chi connectivity index (χ2v) is 14.3. The fourth-order valence-electron chi connectivity index (χ4n) is 11.2. The molecule has 5 saturated carbocycles. The molecular weight excluding hydrogens is 408 g/mol. The predicted molar refractivity (Wildman–Crippen MR) is 133 cm³/mol. The van der Waals surface area contributed by atoms with E-state index in [1.165, 1.54) is 51.4 Å². The summed E-state index contributed by atoms with van der Waals surface area (Å²) in [6, 6.07) is 0. The Kier molecular flexibility index (Phi) is 5.31. The van der Waals surface area contributed by atoms with Crippen LogP contribution in [0.2, 0.25) is 0 Å². The summed E-state index contributed by atoms with van der Waals surface area (Å²) >= 11 is 0. The lowest BCUT2D eigenvalue weighted by molar-refractivity contribution is -0.161. The molecule has 3 nitrogen and oxygen atoms in total. The Labute approximate surface area is 201 Å². The molecule has 3 heteroatoms. The van der Waals surface area contributed by atoms with Gasteiger partial charge in [0.1, 0.15) is 0 Å². The van der Waals surface area contributed by atoms with E-state index in [1.54, 1.807) is 6.92 Å². The van der Waals surface area contributed by atoms with E-state index >= 15 is 0 Å². The van der Waals surface area contributed by atoms with E-state index in [2.05, 4.69) is 34.6 Å². The third kappa shape index (κ3) is 2.93. The fourth-order valence-corrected chi connectivity index (χ4v) is 11.2. The third-order valence-corrected chi connectivity index (χ3v) is 13.3. The average molecular weight is 457 g/mol. The molecule has 0 bridgehead atoms. The summed E-state index contributed by atoms with van der Waals surface area (Å²) in [5.41, 5.74) is 2.48. The molecule has 0 saturated heterocycles. The van der Waals surface area contributed by atoms with Crippen molar-refractivity contribution in [1.82, 2.24) is 0 Å². The Hall–Kier alpha value is -0.830. The summed E-state index contributed by atoms with van der Waals surface area (Å²) in [5, 5.41) is 20.0. The highest BCUT2D eigenvalue weighted by Crippen LogP contribution is 2.89. The van der Waals surface area contributed by atoms with Crippen LogP contribution in [0.5, 0.6) is 0 Å². The van der Waals surface area contributed by atoms with E-state index in [9.17, 15) is 15.0 Å². The van der Waals surface area contributed by atoms with Crippen molar-refractivity contribution in [2.45, 2.75) is 118 Å². The first-order chi connectivity index (χ1) is 15.4.